The second-order valence-electron chi connectivity index (χ2n) is 9.24. The van der Waals surface area contributed by atoms with Crippen LogP contribution in [0.4, 0.5) is 0 Å². The fraction of sp³-hybridized carbons (Fsp3) is 0.846. The molecule has 0 heterocycles. The van der Waals surface area contributed by atoms with E-state index >= 15 is 0 Å². The Morgan fingerprint density at radius 1 is 0.630 bits per heavy atom. The first-order valence-corrected chi connectivity index (χ1v) is 12.2. The van der Waals surface area contributed by atoms with Crippen molar-refractivity contribution in [3.8, 4) is 0 Å². The number of unbranched alkanes of at least 4 members (excludes halogenated alkanes) is 2. The van der Waals surface area contributed by atoms with Crippen molar-refractivity contribution in [1.82, 2.24) is 0 Å². The largest absolute Gasteiger partial charge is 0.373 e. The van der Waals surface area contributed by atoms with Gasteiger partial charge in [0.05, 0.1) is 13.2 Å². The number of hydrogen-bond donors (Lipinski definition) is 0. The van der Waals surface area contributed by atoms with E-state index in [2.05, 4.69) is 38.2 Å². The lowest BCUT2D eigenvalue weighted by Crippen LogP contribution is -2.13. The Morgan fingerprint density at radius 2 is 1.04 bits per heavy atom. The molecule has 2 rings (SSSR count). The lowest BCUT2D eigenvalue weighted by molar-refractivity contribution is 0.192. The first-order valence-electron chi connectivity index (χ1n) is 12.2. The predicted octanol–water partition coefficient (Wildman–Crippen LogP) is 8.11. The Balaban J connectivity index is 1.46. The van der Waals surface area contributed by atoms with E-state index in [4.69, 9.17) is 4.74 Å². The van der Waals surface area contributed by atoms with Crippen LogP contribution in [0.5, 0.6) is 0 Å². The average Bonchev–Trinajstić information content (AvgIpc) is 2.71. The van der Waals surface area contributed by atoms with Crippen LogP contribution in [0.15, 0.2) is 24.3 Å². The van der Waals surface area contributed by atoms with Crippen LogP contribution in [-0.2, 0) is 4.74 Å². The molecule has 0 aromatic heterocycles. The third-order valence-electron chi connectivity index (χ3n) is 6.96. The highest BCUT2D eigenvalue weighted by atomic mass is 16.5. The molecular formula is C26H46O. The Kier molecular flexibility index (Phi) is 12.2. The zero-order chi connectivity index (χ0) is 19.2. The van der Waals surface area contributed by atoms with E-state index in [1.54, 1.807) is 0 Å². The average molecular weight is 375 g/mol. The third kappa shape index (κ3) is 9.97. The zero-order valence-corrected chi connectivity index (χ0v) is 18.3. The van der Waals surface area contributed by atoms with Crippen LogP contribution in [0.3, 0.4) is 0 Å². The maximum absolute atomic E-state index is 5.79. The summed E-state index contributed by atoms with van der Waals surface area (Å²) in [5.74, 6) is 3.64. The number of allylic oxidation sites excluding steroid dienone is 2. The van der Waals surface area contributed by atoms with Gasteiger partial charge in [-0.25, -0.2) is 0 Å². The normalized spacial score (nSPS) is 29.7. The van der Waals surface area contributed by atoms with E-state index in [-0.39, 0.29) is 0 Å². The summed E-state index contributed by atoms with van der Waals surface area (Å²) in [4.78, 5) is 0. The van der Waals surface area contributed by atoms with Crippen molar-refractivity contribution in [3.05, 3.63) is 24.3 Å². The van der Waals surface area contributed by atoms with Crippen molar-refractivity contribution in [2.24, 2.45) is 23.7 Å². The fourth-order valence-electron chi connectivity index (χ4n) is 5.02. The summed E-state index contributed by atoms with van der Waals surface area (Å²) in [5.41, 5.74) is 0. The number of ether oxygens (including phenoxy) is 1. The molecule has 0 amide bonds. The van der Waals surface area contributed by atoms with Crippen LogP contribution in [0, 0.1) is 23.7 Å². The van der Waals surface area contributed by atoms with Crippen molar-refractivity contribution < 1.29 is 4.74 Å². The van der Waals surface area contributed by atoms with Crippen LogP contribution in [-0.4, -0.2) is 13.2 Å². The van der Waals surface area contributed by atoms with Crippen LogP contribution >= 0.6 is 0 Å². The van der Waals surface area contributed by atoms with Gasteiger partial charge in [-0.1, -0.05) is 76.7 Å². The third-order valence-corrected chi connectivity index (χ3v) is 6.96. The van der Waals surface area contributed by atoms with E-state index in [9.17, 15) is 0 Å². The molecule has 2 aliphatic carbocycles. The zero-order valence-electron chi connectivity index (χ0n) is 18.3. The predicted molar refractivity (Wildman–Crippen MR) is 119 cm³/mol. The molecule has 0 spiro atoms. The highest BCUT2D eigenvalue weighted by Crippen LogP contribution is 2.33. The van der Waals surface area contributed by atoms with Gasteiger partial charge in [-0.2, -0.15) is 0 Å². The number of rotatable bonds is 12. The first-order chi connectivity index (χ1) is 13.3. The summed E-state index contributed by atoms with van der Waals surface area (Å²) in [5, 5.41) is 0. The van der Waals surface area contributed by atoms with Crippen molar-refractivity contribution in [2.45, 2.75) is 104 Å². The molecule has 0 aromatic rings. The van der Waals surface area contributed by atoms with E-state index in [0.717, 1.165) is 36.9 Å². The van der Waals surface area contributed by atoms with E-state index in [1.165, 1.54) is 89.9 Å². The van der Waals surface area contributed by atoms with Gasteiger partial charge in [0.1, 0.15) is 0 Å². The standard InChI is InChI=1S/C26H46O/c1-3-5-9-23-13-17-25(18-14-23)11-7-21-27-22-8-12-26-19-15-24(16-20-26)10-6-4-2/h7-8,11-12,23-26H,3-6,9-10,13-22H2,1-2H3. The molecule has 0 radical (unpaired) electrons. The molecule has 0 bridgehead atoms. The molecule has 156 valence electrons. The molecule has 27 heavy (non-hydrogen) atoms. The topological polar surface area (TPSA) is 9.23 Å². The van der Waals surface area contributed by atoms with Gasteiger partial charge in [0, 0.05) is 0 Å². The Labute approximate surface area is 170 Å². The molecule has 2 aliphatic rings. The minimum atomic E-state index is 0.782. The Bertz CT molecular complexity index is 356. The van der Waals surface area contributed by atoms with Crippen LogP contribution in [0.2, 0.25) is 0 Å². The maximum atomic E-state index is 5.79. The highest BCUT2D eigenvalue weighted by molar-refractivity contribution is 4.93. The lowest BCUT2D eigenvalue weighted by atomic mass is 9.80. The lowest BCUT2D eigenvalue weighted by Gasteiger charge is -2.26. The Morgan fingerprint density at radius 3 is 1.41 bits per heavy atom. The quantitative estimate of drug-likeness (QED) is 0.247. The van der Waals surface area contributed by atoms with E-state index in [0.29, 0.717) is 0 Å². The summed E-state index contributed by atoms with van der Waals surface area (Å²) in [6.45, 7) is 6.18. The summed E-state index contributed by atoms with van der Waals surface area (Å²) < 4.78 is 5.79. The molecule has 0 N–H and O–H groups in total. The van der Waals surface area contributed by atoms with Gasteiger partial charge >= 0.3 is 0 Å². The molecule has 1 heteroatoms. The summed E-state index contributed by atoms with van der Waals surface area (Å²) in [6.07, 6.45) is 29.2. The summed E-state index contributed by atoms with van der Waals surface area (Å²) in [7, 11) is 0. The van der Waals surface area contributed by atoms with Crippen LogP contribution in [0.25, 0.3) is 0 Å². The second-order valence-corrected chi connectivity index (χ2v) is 9.24. The van der Waals surface area contributed by atoms with E-state index < -0.39 is 0 Å². The van der Waals surface area contributed by atoms with Gasteiger partial charge < -0.3 is 4.74 Å². The van der Waals surface area contributed by atoms with Gasteiger partial charge in [0.15, 0.2) is 0 Å². The van der Waals surface area contributed by atoms with Gasteiger partial charge in [0.2, 0.25) is 0 Å². The van der Waals surface area contributed by atoms with Gasteiger partial charge in [-0.15, -0.1) is 0 Å². The van der Waals surface area contributed by atoms with E-state index in [1.807, 2.05) is 0 Å². The maximum Gasteiger partial charge on any atom is 0.0651 e. The van der Waals surface area contributed by atoms with Crippen molar-refractivity contribution in [2.75, 3.05) is 13.2 Å². The molecule has 0 unspecified atom stereocenters. The second kappa shape index (κ2) is 14.4. The van der Waals surface area contributed by atoms with Crippen molar-refractivity contribution >= 4 is 0 Å². The number of hydrogen-bond acceptors (Lipinski definition) is 1. The molecule has 1 nitrogen and oxygen atoms in total. The van der Waals surface area contributed by atoms with Crippen molar-refractivity contribution in [3.63, 3.8) is 0 Å². The SMILES string of the molecule is CCCCC1CCC(C=CCOCC=CC2CCC(CCCC)CC2)CC1. The smallest absolute Gasteiger partial charge is 0.0651 e. The fourth-order valence-corrected chi connectivity index (χ4v) is 5.02. The summed E-state index contributed by atoms with van der Waals surface area (Å²) >= 11 is 0. The monoisotopic (exact) mass is 374 g/mol. The summed E-state index contributed by atoms with van der Waals surface area (Å²) in [6, 6.07) is 0. The Hall–Kier alpha value is -0.560. The molecule has 0 aromatic carbocycles. The first kappa shape index (κ1) is 22.7. The van der Waals surface area contributed by atoms with Crippen LogP contribution in [0.1, 0.15) is 104 Å². The molecule has 2 fully saturated rings. The van der Waals surface area contributed by atoms with Crippen LogP contribution < -0.4 is 0 Å². The minimum absolute atomic E-state index is 0.782. The molecule has 2 saturated carbocycles. The molecular weight excluding hydrogens is 328 g/mol. The van der Waals surface area contributed by atoms with Crippen molar-refractivity contribution in [1.29, 1.82) is 0 Å². The van der Waals surface area contributed by atoms with Gasteiger partial charge in [-0.05, 0) is 75.0 Å². The molecule has 0 atom stereocenters. The molecule has 0 saturated heterocycles. The minimum Gasteiger partial charge on any atom is -0.373 e. The van der Waals surface area contributed by atoms with Gasteiger partial charge in [0.25, 0.3) is 0 Å². The van der Waals surface area contributed by atoms with Gasteiger partial charge in [-0.3, -0.25) is 0 Å². The highest BCUT2D eigenvalue weighted by Gasteiger charge is 2.19. The molecule has 0 aliphatic heterocycles.